The number of para-hydroxylation sites is 1. The molecule has 2 fully saturated rings. The van der Waals surface area contributed by atoms with E-state index in [2.05, 4.69) is 0 Å². The number of amides is 1. The van der Waals surface area contributed by atoms with Crippen molar-refractivity contribution in [3.05, 3.63) is 65.7 Å². The Kier molecular flexibility index (Phi) is 5.57. The highest BCUT2D eigenvalue weighted by atomic mass is 19.1. The molecule has 4 rings (SSSR count). The molecule has 2 aromatic rings. The zero-order valence-electron chi connectivity index (χ0n) is 15.9. The van der Waals surface area contributed by atoms with Crippen LogP contribution in [0.1, 0.15) is 18.4 Å². The van der Waals surface area contributed by atoms with Gasteiger partial charge < -0.3 is 14.7 Å². The normalized spacial score (nSPS) is 18.2. The van der Waals surface area contributed by atoms with E-state index in [0.29, 0.717) is 44.5 Å². The van der Waals surface area contributed by atoms with Crippen molar-refractivity contribution >= 4 is 11.6 Å². The first kappa shape index (κ1) is 18.9. The Morgan fingerprint density at radius 2 is 1.64 bits per heavy atom. The largest absolute Gasteiger partial charge is 0.366 e. The van der Waals surface area contributed by atoms with Gasteiger partial charge in [0.15, 0.2) is 6.54 Å². The van der Waals surface area contributed by atoms with Crippen molar-refractivity contribution in [1.29, 1.82) is 0 Å². The topological polar surface area (TPSA) is 28.0 Å². The molecule has 1 unspecified atom stereocenters. The zero-order chi connectivity index (χ0) is 19.5. The molecule has 0 spiro atoms. The number of benzene rings is 2. The van der Waals surface area contributed by atoms with Crippen molar-refractivity contribution in [2.45, 2.75) is 25.4 Å². The molecule has 4 nitrogen and oxygen atoms in total. The second kappa shape index (κ2) is 8.27. The van der Waals surface area contributed by atoms with Crippen LogP contribution in [0.4, 0.5) is 14.5 Å². The molecule has 0 radical (unpaired) electrons. The Balaban J connectivity index is 1.33. The van der Waals surface area contributed by atoms with Crippen LogP contribution in [0.15, 0.2) is 48.5 Å². The maximum Gasteiger partial charge on any atom is 0.277 e. The van der Waals surface area contributed by atoms with Crippen molar-refractivity contribution in [2.24, 2.45) is 0 Å². The predicted molar refractivity (Wildman–Crippen MR) is 104 cm³/mol. The zero-order valence-corrected chi connectivity index (χ0v) is 15.9. The number of hydrogen-bond acceptors (Lipinski definition) is 2. The highest BCUT2D eigenvalue weighted by Gasteiger charge is 2.36. The molecule has 1 amide bonds. The SMILES string of the molecule is O=C(C[NH+](Cc1ccc(F)cc1)C1CC1)N1CCN(c2ccccc2F)CC1. The lowest BCUT2D eigenvalue weighted by molar-refractivity contribution is -0.917. The molecular formula is C22H26F2N3O+. The van der Waals surface area contributed by atoms with Crippen LogP contribution in [0.25, 0.3) is 0 Å². The van der Waals surface area contributed by atoms with E-state index < -0.39 is 0 Å². The Labute approximate surface area is 164 Å². The van der Waals surface area contributed by atoms with Crippen molar-refractivity contribution in [3.8, 4) is 0 Å². The van der Waals surface area contributed by atoms with Gasteiger partial charge in [-0.2, -0.15) is 0 Å². The van der Waals surface area contributed by atoms with Gasteiger partial charge in [0.05, 0.1) is 11.7 Å². The number of carbonyl (C=O) groups excluding carboxylic acids is 1. The summed E-state index contributed by atoms with van der Waals surface area (Å²) in [4.78, 5) is 18.0. The lowest BCUT2D eigenvalue weighted by atomic mass is 10.2. The van der Waals surface area contributed by atoms with Gasteiger partial charge in [0.1, 0.15) is 18.2 Å². The first-order valence-electron chi connectivity index (χ1n) is 9.96. The third-order valence-corrected chi connectivity index (χ3v) is 5.70. The molecule has 1 aliphatic carbocycles. The van der Waals surface area contributed by atoms with Gasteiger partial charge in [-0.05, 0) is 24.3 Å². The molecule has 0 aromatic heterocycles. The molecule has 1 N–H and O–H groups in total. The Morgan fingerprint density at radius 3 is 2.29 bits per heavy atom. The first-order valence-corrected chi connectivity index (χ1v) is 9.96. The van der Waals surface area contributed by atoms with Crippen molar-refractivity contribution in [3.63, 3.8) is 0 Å². The molecule has 2 aromatic carbocycles. The molecule has 1 aliphatic heterocycles. The van der Waals surface area contributed by atoms with Crippen LogP contribution in [0.5, 0.6) is 0 Å². The number of halogens is 2. The van der Waals surface area contributed by atoms with E-state index in [1.54, 1.807) is 24.3 Å². The van der Waals surface area contributed by atoms with E-state index in [4.69, 9.17) is 0 Å². The molecule has 0 bridgehead atoms. The Bertz CT molecular complexity index is 815. The predicted octanol–water partition coefficient (Wildman–Crippen LogP) is 1.86. The van der Waals surface area contributed by atoms with Crippen LogP contribution in [0, 0.1) is 11.6 Å². The van der Waals surface area contributed by atoms with Crippen LogP contribution in [-0.4, -0.2) is 49.6 Å². The highest BCUT2D eigenvalue weighted by molar-refractivity contribution is 5.77. The molecule has 6 heteroatoms. The van der Waals surface area contributed by atoms with Gasteiger partial charge in [-0.15, -0.1) is 0 Å². The fraction of sp³-hybridized carbons (Fsp3) is 0.409. The average Bonchev–Trinajstić information content (AvgIpc) is 3.55. The van der Waals surface area contributed by atoms with Gasteiger partial charge in [-0.3, -0.25) is 4.79 Å². The summed E-state index contributed by atoms with van der Waals surface area (Å²) >= 11 is 0. The Morgan fingerprint density at radius 1 is 0.964 bits per heavy atom. The minimum absolute atomic E-state index is 0.150. The molecule has 148 valence electrons. The first-order chi connectivity index (χ1) is 13.6. The van der Waals surface area contributed by atoms with Gasteiger partial charge in [0.25, 0.3) is 5.91 Å². The van der Waals surface area contributed by atoms with Crippen molar-refractivity contribution in [1.82, 2.24) is 4.90 Å². The van der Waals surface area contributed by atoms with E-state index >= 15 is 0 Å². The lowest BCUT2D eigenvalue weighted by Gasteiger charge is -2.36. The second-order valence-corrected chi connectivity index (χ2v) is 7.73. The van der Waals surface area contributed by atoms with Crippen LogP contribution in [0.3, 0.4) is 0 Å². The van der Waals surface area contributed by atoms with Gasteiger partial charge in [0, 0.05) is 44.6 Å². The quantitative estimate of drug-likeness (QED) is 0.821. The van der Waals surface area contributed by atoms with E-state index in [-0.39, 0.29) is 17.5 Å². The lowest BCUT2D eigenvalue weighted by Crippen LogP contribution is -3.13. The average molecular weight is 386 g/mol. The number of nitrogens with one attached hydrogen (secondary N) is 1. The number of nitrogens with zero attached hydrogens (tertiary/aromatic N) is 2. The van der Waals surface area contributed by atoms with Gasteiger partial charge in [-0.1, -0.05) is 24.3 Å². The monoisotopic (exact) mass is 386 g/mol. The molecule has 2 aliphatic rings. The summed E-state index contributed by atoms with van der Waals surface area (Å²) in [5.74, 6) is -0.302. The number of hydrogen-bond donors (Lipinski definition) is 1. The van der Waals surface area contributed by atoms with E-state index in [1.807, 2.05) is 15.9 Å². The van der Waals surface area contributed by atoms with Gasteiger partial charge in [0.2, 0.25) is 0 Å². The minimum atomic E-state index is -0.236. The summed E-state index contributed by atoms with van der Waals surface area (Å²) in [6.07, 6.45) is 2.29. The molecule has 1 heterocycles. The van der Waals surface area contributed by atoms with Crippen LogP contribution in [0.2, 0.25) is 0 Å². The summed E-state index contributed by atoms with van der Waals surface area (Å²) in [6, 6.07) is 13.9. The smallest absolute Gasteiger partial charge is 0.277 e. The summed E-state index contributed by atoms with van der Waals surface area (Å²) in [5, 5.41) is 0. The maximum absolute atomic E-state index is 14.0. The summed E-state index contributed by atoms with van der Waals surface area (Å²) in [5.41, 5.74) is 1.66. The van der Waals surface area contributed by atoms with Crippen LogP contribution in [-0.2, 0) is 11.3 Å². The van der Waals surface area contributed by atoms with Crippen molar-refractivity contribution in [2.75, 3.05) is 37.6 Å². The van der Waals surface area contributed by atoms with E-state index in [9.17, 15) is 13.6 Å². The summed E-state index contributed by atoms with van der Waals surface area (Å²) in [6.45, 7) is 3.71. The van der Waals surface area contributed by atoms with E-state index in [1.165, 1.54) is 23.1 Å². The van der Waals surface area contributed by atoms with Crippen LogP contribution >= 0.6 is 0 Å². The summed E-state index contributed by atoms with van der Waals surface area (Å²) in [7, 11) is 0. The molecular weight excluding hydrogens is 360 g/mol. The van der Waals surface area contributed by atoms with Crippen LogP contribution < -0.4 is 9.80 Å². The maximum atomic E-state index is 14.0. The van der Waals surface area contributed by atoms with Gasteiger partial charge >= 0.3 is 0 Å². The number of anilines is 1. The second-order valence-electron chi connectivity index (χ2n) is 7.73. The van der Waals surface area contributed by atoms with Crippen molar-refractivity contribution < 1.29 is 18.5 Å². The highest BCUT2D eigenvalue weighted by Crippen LogP contribution is 2.20. The third-order valence-electron chi connectivity index (χ3n) is 5.70. The fourth-order valence-electron chi connectivity index (χ4n) is 3.92. The standard InChI is InChI=1S/C22H25F2N3O/c23-18-7-5-17(6-8-18)15-27(19-9-10-19)16-22(28)26-13-11-25(12-14-26)21-4-2-1-3-20(21)24/h1-8,19H,9-16H2/p+1. The van der Waals surface area contributed by atoms with Gasteiger partial charge in [-0.25, -0.2) is 8.78 Å². The van der Waals surface area contributed by atoms with E-state index in [0.717, 1.165) is 24.9 Å². The number of rotatable bonds is 6. The molecule has 28 heavy (non-hydrogen) atoms. The number of carbonyl (C=O) groups is 1. The molecule has 1 atom stereocenters. The minimum Gasteiger partial charge on any atom is -0.366 e. The third kappa shape index (κ3) is 4.50. The molecule has 1 saturated heterocycles. The number of piperazine rings is 1. The number of quaternary nitrogens is 1. The fourth-order valence-corrected chi connectivity index (χ4v) is 3.92. The molecule has 1 saturated carbocycles. The Hall–Kier alpha value is -2.47. The summed E-state index contributed by atoms with van der Waals surface area (Å²) < 4.78 is 27.1.